The fourth-order valence-electron chi connectivity index (χ4n) is 3.19. The van der Waals surface area contributed by atoms with Crippen molar-refractivity contribution in [3.8, 4) is 17.2 Å². The van der Waals surface area contributed by atoms with E-state index in [1.165, 1.54) is 19.4 Å². The molecule has 8 heteroatoms. The van der Waals surface area contributed by atoms with Crippen LogP contribution in [0, 0.1) is 0 Å². The van der Waals surface area contributed by atoms with Crippen molar-refractivity contribution in [2.45, 2.75) is 32.4 Å². The van der Waals surface area contributed by atoms with Gasteiger partial charge in [0.2, 0.25) is 5.75 Å². The predicted octanol–water partition coefficient (Wildman–Crippen LogP) is 2.48. The van der Waals surface area contributed by atoms with Gasteiger partial charge in [-0.05, 0) is 51.1 Å². The maximum absolute atomic E-state index is 5.41. The highest BCUT2D eigenvalue weighted by Gasteiger charge is 2.20. The van der Waals surface area contributed by atoms with Gasteiger partial charge in [-0.15, -0.1) is 24.0 Å². The van der Waals surface area contributed by atoms with Gasteiger partial charge in [0.1, 0.15) is 0 Å². The molecule has 1 atom stereocenters. The third-order valence-electron chi connectivity index (χ3n) is 4.67. The lowest BCUT2D eigenvalue weighted by Crippen LogP contribution is -2.44. The van der Waals surface area contributed by atoms with Crippen LogP contribution in [0.3, 0.4) is 0 Å². The lowest BCUT2D eigenvalue weighted by molar-refractivity contribution is 0.309. The second-order valence-corrected chi connectivity index (χ2v) is 6.39. The van der Waals surface area contributed by atoms with Gasteiger partial charge in [0, 0.05) is 19.1 Å². The summed E-state index contributed by atoms with van der Waals surface area (Å²) in [5.74, 6) is 2.70. The van der Waals surface area contributed by atoms with Crippen LogP contribution < -0.4 is 24.8 Å². The molecule has 1 unspecified atom stereocenters. The van der Waals surface area contributed by atoms with E-state index in [2.05, 4.69) is 29.5 Å². The van der Waals surface area contributed by atoms with E-state index in [9.17, 15) is 0 Å². The molecule has 0 bridgehead atoms. The van der Waals surface area contributed by atoms with Crippen molar-refractivity contribution in [1.82, 2.24) is 15.5 Å². The van der Waals surface area contributed by atoms with Crippen molar-refractivity contribution in [3.05, 3.63) is 17.7 Å². The zero-order valence-electron chi connectivity index (χ0n) is 17.0. The molecule has 2 N–H and O–H groups in total. The summed E-state index contributed by atoms with van der Waals surface area (Å²) >= 11 is 0. The smallest absolute Gasteiger partial charge is 0.203 e. The number of likely N-dealkylation sites (N-methyl/N-ethyl adjacent to an activating group) is 1. The van der Waals surface area contributed by atoms with Crippen LogP contribution in [0.1, 0.15) is 25.3 Å². The Labute approximate surface area is 179 Å². The Hall–Kier alpha value is -1.42. The van der Waals surface area contributed by atoms with Crippen molar-refractivity contribution in [3.63, 3.8) is 0 Å². The van der Waals surface area contributed by atoms with Gasteiger partial charge in [-0.2, -0.15) is 0 Å². The number of nitrogens with zero attached hydrogens (tertiary/aromatic N) is 2. The summed E-state index contributed by atoms with van der Waals surface area (Å²) in [6, 6.07) is 4.43. The molecule has 1 aliphatic heterocycles. The van der Waals surface area contributed by atoms with E-state index >= 15 is 0 Å². The molecule has 0 radical (unpaired) electrons. The first-order valence-corrected chi connectivity index (χ1v) is 9.14. The number of methoxy groups -OCH3 is 3. The molecule has 1 saturated heterocycles. The highest BCUT2D eigenvalue weighted by Crippen LogP contribution is 2.38. The van der Waals surface area contributed by atoms with Crippen molar-refractivity contribution in [1.29, 1.82) is 0 Å². The molecule has 1 aliphatic rings. The van der Waals surface area contributed by atoms with Crippen LogP contribution in [-0.4, -0.2) is 64.9 Å². The second kappa shape index (κ2) is 12.1. The number of aliphatic imine (C=N–C) groups is 1. The number of guanidine groups is 1. The number of nitrogens with one attached hydrogen (secondary N) is 2. The molecule has 0 saturated carbocycles. The third-order valence-corrected chi connectivity index (χ3v) is 4.67. The molecular weight excluding hydrogens is 459 g/mol. The fourth-order valence-corrected chi connectivity index (χ4v) is 3.19. The first-order chi connectivity index (χ1) is 12.6. The Bertz CT molecular complexity index is 588. The molecule has 154 valence electrons. The van der Waals surface area contributed by atoms with Crippen molar-refractivity contribution in [2.75, 3.05) is 48.0 Å². The van der Waals surface area contributed by atoms with Gasteiger partial charge >= 0.3 is 0 Å². The Morgan fingerprint density at radius 1 is 1.15 bits per heavy atom. The summed E-state index contributed by atoms with van der Waals surface area (Å²) in [6.45, 7) is 5.48. The Balaban J connectivity index is 0.00000364. The molecule has 1 heterocycles. The van der Waals surface area contributed by atoms with Gasteiger partial charge in [-0.1, -0.05) is 0 Å². The number of ether oxygens (including phenoxy) is 3. The van der Waals surface area contributed by atoms with Crippen LogP contribution in [-0.2, 0) is 6.54 Å². The molecule has 2 rings (SSSR count). The minimum atomic E-state index is 0. The number of benzene rings is 1. The van der Waals surface area contributed by atoms with Crippen LogP contribution in [0.5, 0.6) is 17.2 Å². The molecule has 0 amide bonds. The molecule has 1 aromatic rings. The SMILES string of the molecule is CCNC(=NCc1cc(OC)c(OC)c(OC)c1)NCC1CCCN1C.I. The third kappa shape index (κ3) is 6.60. The summed E-state index contributed by atoms with van der Waals surface area (Å²) in [7, 11) is 7.02. The fraction of sp³-hybridized carbons (Fsp3) is 0.632. The second-order valence-electron chi connectivity index (χ2n) is 6.39. The van der Waals surface area contributed by atoms with E-state index in [1.807, 2.05) is 12.1 Å². The Morgan fingerprint density at radius 2 is 1.81 bits per heavy atom. The van der Waals surface area contributed by atoms with Gasteiger partial charge in [-0.25, -0.2) is 4.99 Å². The summed E-state index contributed by atoms with van der Waals surface area (Å²) in [6.07, 6.45) is 2.50. The number of hydrogen-bond donors (Lipinski definition) is 2. The summed E-state index contributed by atoms with van der Waals surface area (Å²) in [5, 5.41) is 6.76. The van der Waals surface area contributed by atoms with Crippen LogP contribution in [0.25, 0.3) is 0 Å². The quantitative estimate of drug-likeness (QED) is 0.330. The maximum Gasteiger partial charge on any atom is 0.203 e. The number of hydrogen-bond acceptors (Lipinski definition) is 5. The number of rotatable bonds is 8. The zero-order chi connectivity index (χ0) is 18.9. The van der Waals surface area contributed by atoms with Gasteiger partial charge in [0.15, 0.2) is 17.5 Å². The van der Waals surface area contributed by atoms with E-state index in [4.69, 9.17) is 19.2 Å². The van der Waals surface area contributed by atoms with Crippen LogP contribution >= 0.6 is 24.0 Å². The molecule has 0 spiro atoms. The number of likely N-dealkylation sites (tertiary alicyclic amines) is 1. The normalized spacial score (nSPS) is 17.2. The van der Waals surface area contributed by atoms with E-state index in [-0.39, 0.29) is 24.0 Å². The van der Waals surface area contributed by atoms with Gasteiger partial charge in [0.25, 0.3) is 0 Å². The van der Waals surface area contributed by atoms with Crippen molar-refractivity contribution >= 4 is 29.9 Å². The van der Waals surface area contributed by atoms with Gasteiger partial charge in [-0.3, -0.25) is 0 Å². The van der Waals surface area contributed by atoms with Crippen LogP contribution in [0.15, 0.2) is 17.1 Å². The van der Waals surface area contributed by atoms with Crippen molar-refractivity contribution < 1.29 is 14.2 Å². The summed E-state index contributed by atoms with van der Waals surface area (Å²) in [5.41, 5.74) is 0.995. The van der Waals surface area contributed by atoms with E-state index in [0.29, 0.717) is 29.8 Å². The summed E-state index contributed by atoms with van der Waals surface area (Å²) in [4.78, 5) is 7.10. The lowest BCUT2D eigenvalue weighted by atomic mass is 10.2. The monoisotopic (exact) mass is 492 g/mol. The average Bonchev–Trinajstić information content (AvgIpc) is 3.07. The number of halogens is 1. The van der Waals surface area contributed by atoms with Crippen molar-refractivity contribution in [2.24, 2.45) is 4.99 Å². The van der Waals surface area contributed by atoms with E-state index in [1.54, 1.807) is 21.3 Å². The van der Waals surface area contributed by atoms with E-state index in [0.717, 1.165) is 24.6 Å². The molecule has 27 heavy (non-hydrogen) atoms. The molecular formula is C19H33IN4O3. The largest absolute Gasteiger partial charge is 0.493 e. The molecule has 1 fully saturated rings. The first-order valence-electron chi connectivity index (χ1n) is 9.14. The van der Waals surface area contributed by atoms with Crippen LogP contribution in [0.4, 0.5) is 0 Å². The lowest BCUT2D eigenvalue weighted by Gasteiger charge is -2.21. The van der Waals surface area contributed by atoms with E-state index < -0.39 is 0 Å². The highest BCUT2D eigenvalue weighted by molar-refractivity contribution is 14.0. The minimum absolute atomic E-state index is 0. The molecule has 7 nitrogen and oxygen atoms in total. The maximum atomic E-state index is 5.41. The molecule has 1 aromatic carbocycles. The predicted molar refractivity (Wildman–Crippen MR) is 120 cm³/mol. The van der Waals surface area contributed by atoms with Gasteiger partial charge in [0.05, 0.1) is 27.9 Å². The van der Waals surface area contributed by atoms with Gasteiger partial charge < -0.3 is 29.7 Å². The first kappa shape index (κ1) is 23.6. The Morgan fingerprint density at radius 3 is 2.30 bits per heavy atom. The average molecular weight is 492 g/mol. The topological polar surface area (TPSA) is 67.4 Å². The highest BCUT2D eigenvalue weighted by atomic mass is 127. The minimum Gasteiger partial charge on any atom is -0.493 e. The Kier molecular flexibility index (Phi) is 10.6. The standard InChI is InChI=1S/C19H32N4O3.HI/c1-6-20-19(22-13-15-8-7-9-23(15)2)21-12-14-10-16(24-3)18(26-5)17(11-14)25-4;/h10-11,15H,6-9,12-13H2,1-5H3,(H2,20,21,22);1H. The van der Waals surface area contributed by atoms with Crippen LogP contribution in [0.2, 0.25) is 0 Å². The summed E-state index contributed by atoms with van der Waals surface area (Å²) < 4.78 is 16.2. The molecule has 0 aliphatic carbocycles. The molecule has 0 aromatic heterocycles. The zero-order valence-corrected chi connectivity index (χ0v) is 19.3.